The Morgan fingerprint density at radius 3 is 2.21 bits per heavy atom. The third-order valence-corrected chi connectivity index (χ3v) is 3.27. The fourth-order valence-corrected chi connectivity index (χ4v) is 1.71. The molecule has 0 heterocycles. The highest BCUT2D eigenvalue weighted by atomic mass is 32.2. The molecule has 0 bridgehead atoms. The molecule has 0 aromatic rings. The zero-order chi connectivity index (χ0) is 11.4. The van der Waals surface area contributed by atoms with Gasteiger partial charge in [-0.05, 0) is 19.9 Å². The van der Waals surface area contributed by atoms with E-state index in [2.05, 4.69) is 6.92 Å². The second kappa shape index (κ2) is 5.68. The van der Waals surface area contributed by atoms with Gasteiger partial charge >= 0.3 is 0 Å². The summed E-state index contributed by atoms with van der Waals surface area (Å²) in [6.45, 7) is 5.46. The van der Waals surface area contributed by atoms with Crippen LogP contribution in [0, 0.1) is 5.92 Å². The molecule has 5 heteroatoms. The molecule has 2 unspecified atom stereocenters. The molecule has 2 N–H and O–H groups in total. The molecular weight excluding hydrogens is 200 g/mol. The molecule has 0 rings (SSSR count). The van der Waals surface area contributed by atoms with Gasteiger partial charge < -0.3 is 10.6 Å². The van der Waals surface area contributed by atoms with Crippen LogP contribution in [-0.2, 0) is 9.84 Å². The normalized spacial score (nSPS) is 17.0. The van der Waals surface area contributed by atoms with Gasteiger partial charge in [0.05, 0.1) is 5.75 Å². The summed E-state index contributed by atoms with van der Waals surface area (Å²) in [7, 11) is -0.927. The first-order chi connectivity index (χ1) is 6.22. The van der Waals surface area contributed by atoms with Crippen molar-refractivity contribution < 1.29 is 8.42 Å². The Kier molecular flexibility index (Phi) is 5.63. The molecule has 2 atom stereocenters. The van der Waals surface area contributed by atoms with Gasteiger partial charge in [0.25, 0.3) is 0 Å². The van der Waals surface area contributed by atoms with E-state index in [9.17, 15) is 8.42 Å². The van der Waals surface area contributed by atoms with Crippen molar-refractivity contribution in [2.45, 2.75) is 19.9 Å². The first-order valence-electron chi connectivity index (χ1n) is 4.84. The van der Waals surface area contributed by atoms with Crippen molar-refractivity contribution in [1.82, 2.24) is 4.90 Å². The highest BCUT2D eigenvalue weighted by molar-refractivity contribution is 7.90. The van der Waals surface area contributed by atoms with Crippen molar-refractivity contribution in [2.24, 2.45) is 11.7 Å². The Morgan fingerprint density at radius 2 is 1.86 bits per heavy atom. The molecule has 14 heavy (non-hydrogen) atoms. The molecule has 0 aliphatic carbocycles. The lowest BCUT2D eigenvalue weighted by molar-refractivity contribution is 0.280. The molecule has 0 fully saturated rings. The van der Waals surface area contributed by atoms with Gasteiger partial charge in [0.2, 0.25) is 0 Å². The van der Waals surface area contributed by atoms with Gasteiger partial charge in [-0.2, -0.15) is 0 Å². The molecule has 0 aromatic heterocycles. The van der Waals surface area contributed by atoms with Crippen LogP contribution in [0.5, 0.6) is 0 Å². The van der Waals surface area contributed by atoms with Gasteiger partial charge in [-0.3, -0.25) is 0 Å². The largest absolute Gasteiger partial charge is 0.328 e. The maximum atomic E-state index is 10.9. The highest BCUT2D eigenvalue weighted by Crippen LogP contribution is 2.02. The van der Waals surface area contributed by atoms with Gasteiger partial charge in [-0.1, -0.05) is 6.92 Å². The van der Waals surface area contributed by atoms with Gasteiger partial charge in [0.1, 0.15) is 9.84 Å². The summed E-state index contributed by atoms with van der Waals surface area (Å²) >= 11 is 0. The fourth-order valence-electron chi connectivity index (χ4n) is 1.07. The van der Waals surface area contributed by atoms with Crippen molar-refractivity contribution in [3.8, 4) is 0 Å². The molecule has 0 saturated heterocycles. The number of nitrogens with two attached hydrogens (primary N) is 1. The second-order valence-corrected chi connectivity index (χ2v) is 6.49. The van der Waals surface area contributed by atoms with Crippen LogP contribution in [0.3, 0.4) is 0 Å². The Balaban J connectivity index is 3.82. The number of sulfone groups is 1. The first kappa shape index (κ1) is 13.9. The standard InChI is InChI=1S/C9H22N2O2S/c1-8(9(2)10)7-11(3)5-6-14(4,12)13/h8-9H,5-7,10H2,1-4H3. The molecule has 0 aromatic carbocycles. The van der Waals surface area contributed by atoms with Crippen LogP contribution < -0.4 is 5.73 Å². The number of rotatable bonds is 6. The van der Waals surface area contributed by atoms with Crippen molar-refractivity contribution in [2.75, 3.05) is 32.1 Å². The minimum Gasteiger partial charge on any atom is -0.328 e. The first-order valence-corrected chi connectivity index (χ1v) is 6.90. The van der Waals surface area contributed by atoms with Crippen LogP contribution >= 0.6 is 0 Å². The second-order valence-electron chi connectivity index (χ2n) is 4.23. The van der Waals surface area contributed by atoms with Gasteiger partial charge in [-0.15, -0.1) is 0 Å². The van der Waals surface area contributed by atoms with E-state index in [1.165, 1.54) is 6.26 Å². The van der Waals surface area contributed by atoms with E-state index in [0.717, 1.165) is 6.54 Å². The summed E-state index contributed by atoms with van der Waals surface area (Å²) in [6, 6.07) is 0.149. The van der Waals surface area contributed by atoms with Gasteiger partial charge in [-0.25, -0.2) is 8.42 Å². The lowest BCUT2D eigenvalue weighted by Gasteiger charge is -2.23. The molecule has 4 nitrogen and oxygen atoms in total. The Labute approximate surface area is 87.4 Å². The quantitative estimate of drug-likeness (QED) is 0.684. The topological polar surface area (TPSA) is 63.4 Å². The van der Waals surface area contributed by atoms with Crippen LogP contribution in [0.15, 0.2) is 0 Å². The third-order valence-electron chi connectivity index (χ3n) is 2.34. The van der Waals surface area contributed by atoms with E-state index in [1.54, 1.807) is 0 Å². The van der Waals surface area contributed by atoms with E-state index in [1.807, 2.05) is 18.9 Å². The predicted octanol–water partition coefficient (Wildman–Crippen LogP) is -0.0539. The molecule has 86 valence electrons. The molecule has 0 aliphatic heterocycles. The van der Waals surface area contributed by atoms with Crippen LogP contribution in [-0.4, -0.2) is 51.5 Å². The van der Waals surface area contributed by atoms with Gasteiger partial charge in [0.15, 0.2) is 0 Å². The van der Waals surface area contributed by atoms with E-state index >= 15 is 0 Å². The maximum Gasteiger partial charge on any atom is 0.148 e. The summed E-state index contributed by atoms with van der Waals surface area (Å²) in [4.78, 5) is 2.01. The number of nitrogens with zero attached hydrogens (tertiary/aromatic N) is 1. The number of hydrogen-bond donors (Lipinski definition) is 1. The lowest BCUT2D eigenvalue weighted by atomic mass is 10.0. The Morgan fingerprint density at radius 1 is 1.36 bits per heavy atom. The SMILES string of the molecule is CC(N)C(C)CN(C)CCS(C)(=O)=O. The molecule has 0 amide bonds. The van der Waals surface area contributed by atoms with E-state index in [4.69, 9.17) is 5.73 Å². The average Bonchev–Trinajstić information content (AvgIpc) is 1.99. The van der Waals surface area contributed by atoms with Crippen LogP contribution in [0.2, 0.25) is 0 Å². The summed E-state index contributed by atoms with van der Waals surface area (Å²) in [5, 5.41) is 0. The minimum atomic E-state index is -2.85. The molecule has 0 aliphatic rings. The fraction of sp³-hybridized carbons (Fsp3) is 1.00. The molecule has 0 spiro atoms. The summed E-state index contributed by atoms with van der Waals surface area (Å²) in [6.07, 6.45) is 1.26. The molecule has 0 saturated carbocycles. The van der Waals surface area contributed by atoms with Crippen molar-refractivity contribution in [3.05, 3.63) is 0 Å². The number of hydrogen-bond acceptors (Lipinski definition) is 4. The third kappa shape index (κ3) is 7.29. The van der Waals surface area contributed by atoms with E-state index < -0.39 is 9.84 Å². The Bertz CT molecular complexity index is 250. The van der Waals surface area contributed by atoms with Crippen molar-refractivity contribution in [3.63, 3.8) is 0 Å². The summed E-state index contributed by atoms with van der Waals surface area (Å²) < 4.78 is 21.8. The highest BCUT2D eigenvalue weighted by Gasteiger charge is 2.11. The van der Waals surface area contributed by atoms with E-state index in [0.29, 0.717) is 12.5 Å². The predicted molar refractivity (Wildman–Crippen MR) is 60.0 cm³/mol. The molecular formula is C9H22N2O2S. The zero-order valence-corrected chi connectivity index (χ0v) is 10.3. The summed E-state index contributed by atoms with van der Waals surface area (Å²) in [5.74, 6) is 0.606. The zero-order valence-electron chi connectivity index (χ0n) is 9.53. The van der Waals surface area contributed by atoms with Crippen molar-refractivity contribution in [1.29, 1.82) is 0 Å². The maximum absolute atomic E-state index is 10.9. The minimum absolute atomic E-state index is 0.149. The monoisotopic (exact) mass is 222 g/mol. The van der Waals surface area contributed by atoms with Crippen LogP contribution in [0.1, 0.15) is 13.8 Å². The smallest absolute Gasteiger partial charge is 0.148 e. The van der Waals surface area contributed by atoms with E-state index in [-0.39, 0.29) is 11.8 Å². The van der Waals surface area contributed by atoms with Crippen LogP contribution in [0.25, 0.3) is 0 Å². The molecule has 0 radical (unpaired) electrons. The summed E-state index contributed by atoms with van der Waals surface area (Å²) in [5.41, 5.74) is 5.72. The van der Waals surface area contributed by atoms with Crippen molar-refractivity contribution >= 4 is 9.84 Å². The average molecular weight is 222 g/mol. The van der Waals surface area contributed by atoms with Gasteiger partial charge in [0, 0.05) is 25.4 Å². The van der Waals surface area contributed by atoms with Crippen LogP contribution in [0.4, 0.5) is 0 Å². The Hall–Kier alpha value is -0.130. The lowest BCUT2D eigenvalue weighted by Crippen LogP contribution is -2.36.